The van der Waals surface area contributed by atoms with E-state index in [0.717, 1.165) is 29.3 Å². The topological polar surface area (TPSA) is 55.1 Å². The summed E-state index contributed by atoms with van der Waals surface area (Å²) >= 11 is 3.45. The Morgan fingerprint density at radius 2 is 2.11 bits per heavy atom. The Morgan fingerprint density at radius 1 is 1.42 bits per heavy atom. The Morgan fingerprint density at radius 3 is 2.68 bits per heavy atom. The number of rotatable bonds is 7. The van der Waals surface area contributed by atoms with Gasteiger partial charge in [0.1, 0.15) is 0 Å². The van der Waals surface area contributed by atoms with Crippen LogP contribution in [0.5, 0.6) is 0 Å². The first-order valence-corrected chi connectivity index (χ1v) is 7.19. The van der Waals surface area contributed by atoms with E-state index in [1.165, 1.54) is 0 Å². The van der Waals surface area contributed by atoms with Gasteiger partial charge in [0, 0.05) is 17.1 Å². The van der Waals surface area contributed by atoms with Crippen LogP contribution in [0.15, 0.2) is 28.7 Å². The number of unbranched alkanes of at least 4 members (excludes halogenated alkanes) is 1. The number of halogens is 2. The molecule has 3 nitrogen and oxygen atoms in total. The van der Waals surface area contributed by atoms with Crippen LogP contribution in [-0.2, 0) is 11.2 Å². The predicted octanol–water partition coefficient (Wildman–Crippen LogP) is 3.05. The molecular formula is C14H22BrClN2O. The fraction of sp³-hybridized carbons (Fsp3) is 0.500. The first kappa shape index (κ1) is 18.4. The van der Waals surface area contributed by atoms with Gasteiger partial charge in [0.2, 0.25) is 5.91 Å². The SMILES string of the molecule is CCCCC(CN)NC(=O)Cc1ccccc1Br.Cl. The quantitative estimate of drug-likeness (QED) is 0.795. The second-order valence-corrected chi connectivity index (χ2v) is 5.26. The number of hydrogen-bond donors (Lipinski definition) is 2. The maximum absolute atomic E-state index is 11.9. The molecule has 1 unspecified atom stereocenters. The number of benzene rings is 1. The molecule has 0 aliphatic carbocycles. The highest BCUT2D eigenvalue weighted by molar-refractivity contribution is 9.10. The van der Waals surface area contributed by atoms with Gasteiger partial charge < -0.3 is 11.1 Å². The first-order chi connectivity index (χ1) is 8.67. The van der Waals surface area contributed by atoms with Crippen LogP contribution in [0.3, 0.4) is 0 Å². The molecule has 1 aromatic carbocycles. The van der Waals surface area contributed by atoms with Gasteiger partial charge >= 0.3 is 0 Å². The number of amides is 1. The summed E-state index contributed by atoms with van der Waals surface area (Å²) in [4.78, 5) is 11.9. The lowest BCUT2D eigenvalue weighted by molar-refractivity contribution is -0.121. The van der Waals surface area contributed by atoms with E-state index in [4.69, 9.17) is 5.73 Å². The van der Waals surface area contributed by atoms with E-state index in [0.29, 0.717) is 13.0 Å². The minimum Gasteiger partial charge on any atom is -0.352 e. The molecule has 19 heavy (non-hydrogen) atoms. The summed E-state index contributed by atoms with van der Waals surface area (Å²) in [5.41, 5.74) is 6.66. The Balaban J connectivity index is 0.00000324. The predicted molar refractivity (Wildman–Crippen MR) is 85.6 cm³/mol. The van der Waals surface area contributed by atoms with Gasteiger partial charge in [-0.2, -0.15) is 0 Å². The average molecular weight is 350 g/mol. The molecule has 0 saturated heterocycles. The number of nitrogens with one attached hydrogen (secondary N) is 1. The van der Waals surface area contributed by atoms with Gasteiger partial charge in [0.15, 0.2) is 0 Å². The van der Waals surface area contributed by atoms with Crippen LogP contribution in [0.4, 0.5) is 0 Å². The Hall–Kier alpha value is -0.580. The third kappa shape index (κ3) is 6.95. The smallest absolute Gasteiger partial charge is 0.224 e. The van der Waals surface area contributed by atoms with Crippen LogP contribution in [0.25, 0.3) is 0 Å². The lowest BCUT2D eigenvalue weighted by Gasteiger charge is -2.16. The summed E-state index contributed by atoms with van der Waals surface area (Å²) in [7, 11) is 0. The molecule has 0 saturated carbocycles. The van der Waals surface area contributed by atoms with Gasteiger partial charge in [-0.1, -0.05) is 53.9 Å². The number of hydrogen-bond acceptors (Lipinski definition) is 2. The molecule has 0 aromatic heterocycles. The fourth-order valence-corrected chi connectivity index (χ4v) is 2.22. The van der Waals surface area contributed by atoms with Gasteiger partial charge in [0.25, 0.3) is 0 Å². The zero-order chi connectivity index (χ0) is 13.4. The summed E-state index contributed by atoms with van der Waals surface area (Å²) in [6, 6.07) is 7.87. The Bertz CT molecular complexity index is 387. The van der Waals surface area contributed by atoms with Crippen LogP contribution >= 0.6 is 28.3 Å². The van der Waals surface area contributed by atoms with Crippen molar-refractivity contribution in [3.63, 3.8) is 0 Å². The van der Waals surface area contributed by atoms with Crippen molar-refractivity contribution in [1.29, 1.82) is 0 Å². The van der Waals surface area contributed by atoms with Crippen molar-refractivity contribution in [3.8, 4) is 0 Å². The van der Waals surface area contributed by atoms with Crippen LogP contribution in [0.2, 0.25) is 0 Å². The molecule has 3 N–H and O–H groups in total. The Labute approximate surface area is 129 Å². The van der Waals surface area contributed by atoms with Crippen molar-refractivity contribution < 1.29 is 4.79 Å². The molecule has 0 heterocycles. The largest absolute Gasteiger partial charge is 0.352 e. The lowest BCUT2D eigenvalue weighted by Crippen LogP contribution is -2.40. The molecular weight excluding hydrogens is 328 g/mol. The van der Waals surface area contributed by atoms with Crippen molar-refractivity contribution in [1.82, 2.24) is 5.32 Å². The summed E-state index contributed by atoms with van der Waals surface area (Å²) in [6.45, 7) is 2.64. The van der Waals surface area contributed by atoms with Gasteiger partial charge in [-0.3, -0.25) is 4.79 Å². The molecule has 0 spiro atoms. The standard InChI is InChI=1S/C14H21BrN2O.ClH/c1-2-3-7-12(10-16)17-14(18)9-11-6-4-5-8-13(11)15;/h4-6,8,12H,2-3,7,9-10,16H2,1H3,(H,17,18);1H. The van der Waals surface area contributed by atoms with Gasteiger partial charge in [-0.15, -0.1) is 12.4 Å². The number of carbonyl (C=O) groups excluding carboxylic acids is 1. The van der Waals surface area contributed by atoms with E-state index >= 15 is 0 Å². The molecule has 1 rings (SSSR count). The van der Waals surface area contributed by atoms with Gasteiger partial charge in [-0.25, -0.2) is 0 Å². The molecule has 1 aromatic rings. The Kier molecular flexibility index (Phi) is 9.92. The van der Waals surface area contributed by atoms with E-state index < -0.39 is 0 Å². The lowest BCUT2D eigenvalue weighted by atomic mass is 10.1. The van der Waals surface area contributed by atoms with E-state index in [1.54, 1.807) is 0 Å². The van der Waals surface area contributed by atoms with Crippen molar-refractivity contribution >= 4 is 34.2 Å². The molecule has 0 bridgehead atoms. The van der Waals surface area contributed by atoms with Crippen LogP contribution in [0.1, 0.15) is 31.7 Å². The van der Waals surface area contributed by atoms with E-state index in [1.807, 2.05) is 24.3 Å². The molecule has 5 heteroatoms. The summed E-state index contributed by atoms with van der Waals surface area (Å²) in [6.07, 6.45) is 3.56. The first-order valence-electron chi connectivity index (χ1n) is 6.40. The highest BCUT2D eigenvalue weighted by atomic mass is 79.9. The molecule has 0 radical (unpaired) electrons. The monoisotopic (exact) mass is 348 g/mol. The molecule has 0 aliphatic rings. The molecule has 1 amide bonds. The third-order valence-electron chi connectivity index (χ3n) is 2.86. The summed E-state index contributed by atoms with van der Waals surface area (Å²) in [5.74, 6) is 0.0356. The van der Waals surface area contributed by atoms with Gasteiger partial charge in [0.05, 0.1) is 6.42 Å². The van der Waals surface area contributed by atoms with Crippen molar-refractivity contribution in [2.45, 2.75) is 38.6 Å². The molecule has 108 valence electrons. The highest BCUT2D eigenvalue weighted by Gasteiger charge is 2.11. The van der Waals surface area contributed by atoms with E-state index in [9.17, 15) is 4.79 Å². The fourth-order valence-electron chi connectivity index (χ4n) is 1.79. The molecule has 0 aliphatic heterocycles. The second kappa shape index (κ2) is 10.2. The van der Waals surface area contributed by atoms with Crippen molar-refractivity contribution in [3.05, 3.63) is 34.3 Å². The van der Waals surface area contributed by atoms with Crippen LogP contribution < -0.4 is 11.1 Å². The zero-order valence-electron chi connectivity index (χ0n) is 11.2. The average Bonchev–Trinajstić information content (AvgIpc) is 2.37. The van der Waals surface area contributed by atoms with Crippen LogP contribution in [0, 0.1) is 0 Å². The minimum atomic E-state index is 0. The summed E-state index contributed by atoms with van der Waals surface area (Å²) in [5, 5.41) is 2.99. The molecule has 0 fully saturated rings. The number of carbonyl (C=O) groups is 1. The van der Waals surface area contributed by atoms with E-state index in [2.05, 4.69) is 28.2 Å². The highest BCUT2D eigenvalue weighted by Crippen LogP contribution is 2.16. The van der Waals surface area contributed by atoms with Crippen molar-refractivity contribution in [2.75, 3.05) is 6.54 Å². The number of nitrogens with two attached hydrogens (primary N) is 1. The van der Waals surface area contributed by atoms with Crippen LogP contribution in [-0.4, -0.2) is 18.5 Å². The normalized spacial score (nSPS) is 11.5. The zero-order valence-corrected chi connectivity index (χ0v) is 13.6. The maximum Gasteiger partial charge on any atom is 0.224 e. The minimum absolute atomic E-state index is 0. The molecule has 1 atom stereocenters. The second-order valence-electron chi connectivity index (χ2n) is 4.41. The van der Waals surface area contributed by atoms with Gasteiger partial charge in [-0.05, 0) is 18.1 Å². The summed E-state index contributed by atoms with van der Waals surface area (Å²) < 4.78 is 0.970. The van der Waals surface area contributed by atoms with Crippen molar-refractivity contribution in [2.24, 2.45) is 5.73 Å². The maximum atomic E-state index is 11.9. The van der Waals surface area contributed by atoms with E-state index in [-0.39, 0.29) is 24.4 Å². The third-order valence-corrected chi connectivity index (χ3v) is 3.64.